The Morgan fingerprint density at radius 3 is 2.50 bits per heavy atom. The fraction of sp³-hybridized carbons (Fsp3) is 0.417. The lowest BCUT2D eigenvalue weighted by molar-refractivity contribution is 0.603. The van der Waals surface area contributed by atoms with Crippen molar-refractivity contribution in [2.45, 2.75) is 38.4 Å². The van der Waals surface area contributed by atoms with E-state index in [0.717, 1.165) is 22.6 Å². The van der Waals surface area contributed by atoms with Gasteiger partial charge in [0.2, 0.25) is 0 Å². The Bertz CT molecular complexity index is 728. The summed E-state index contributed by atoms with van der Waals surface area (Å²) in [6.45, 7) is 8.06. The van der Waals surface area contributed by atoms with Gasteiger partial charge in [-0.1, -0.05) is 11.6 Å². The smallest absolute Gasteiger partial charge is 0.271 e. The van der Waals surface area contributed by atoms with Gasteiger partial charge in [0.05, 0.1) is 21.4 Å². The van der Waals surface area contributed by atoms with Crippen molar-refractivity contribution >= 4 is 38.6 Å². The second-order valence-corrected chi connectivity index (χ2v) is 8.05. The zero-order valence-corrected chi connectivity index (χ0v) is 14.1. The lowest BCUT2D eigenvalue weighted by Gasteiger charge is -2.06. The molecule has 0 saturated carbocycles. The van der Waals surface area contributed by atoms with E-state index >= 15 is 0 Å². The third-order valence-electron chi connectivity index (χ3n) is 3.02. The molecule has 2 aromatic heterocycles. The van der Waals surface area contributed by atoms with Crippen LogP contribution in [0.3, 0.4) is 0 Å². The minimum atomic E-state index is -3.62. The highest BCUT2D eigenvalue weighted by Crippen LogP contribution is 2.32. The van der Waals surface area contributed by atoms with Crippen LogP contribution in [0.1, 0.15) is 23.9 Å². The van der Waals surface area contributed by atoms with Gasteiger partial charge in [0.15, 0.2) is 0 Å². The minimum Gasteiger partial charge on any atom is -0.275 e. The van der Waals surface area contributed by atoms with Crippen molar-refractivity contribution in [3.8, 4) is 0 Å². The lowest BCUT2D eigenvalue weighted by Crippen LogP contribution is -2.13. The summed E-state index contributed by atoms with van der Waals surface area (Å²) in [5.41, 5.74) is 2.75. The predicted octanol–water partition coefficient (Wildman–Crippen LogP) is 3.34. The van der Waals surface area contributed by atoms with E-state index < -0.39 is 10.0 Å². The lowest BCUT2D eigenvalue weighted by atomic mass is 10.3. The number of nitrogens with one attached hydrogen (secondary N) is 1. The number of aryl methyl sites for hydroxylation is 3. The molecule has 0 spiro atoms. The molecule has 0 amide bonds. The molecule has 0 unspecified atom stereocenters. The zero-order chi connectivity index (χ0) is 15.1. The van der Waals surface area contributed by atoms with Crippen molar-refractivity contribution < 1.29 is 8.42 Å². The summed E-state index contributed by atoms with van der Waals surface area (Å²) >= 11 is 6.99. The van der Waals surface area contributed by atoms with Gasteiger partial charge in [0.25, 0.3) is 10.0 Å². The molecule has 0 fully saturated rings. The number of hydrogen-bond donors (Lipinski definition) is 1. The molecule has 0 aliphatic rings. The van der Waals surface area contributed by atoms with Crippen molar-refractivity contribution in [2.75, 3.05) is 4.72 Å². The summed E-state index contributed by atoms with van der Waals surface area (Å²) in [7, 11) is -3.62. The average Bonchev–Trinajstić information content (AvgIpc) is 2.84. The van der Waals surface area contributed by atoms with E-state index in [1.165, 1.54) is 0 Å². The number of thiophene rings is 1. The van der Waals surface area contributed by atoms with Crippen molar-refractivity contribution in [2.24, 2.45) is 0 Å². The van der Waals surface area contributed by atoms with Gasteiger partial charge in [-0.15, -0.1) is 11.3 Å². The summed E-state index contributed by atoms with van der Waals surface area (Å²) in [6.07, 6.45) is 0. The maximum Gasteiger partial charge on any atom is 0.271 e. The van der Waals surface area contributed by atoms with Crippen molar-refractivity contribution in [3.63, 3.8) is 0 Å². The molecule has 5 nitrogen and oxygen atoms in total. The van der Waals surface area contributed by atoms with Crippen LogP contribution in [0.25, 0.3) is 0 Å². The highest BCUT2D eigenvalue weighted by molar-refractivity contribution is 7.94. The van der Waals surface area contributed by atoms with E-state index in [-0.39, 0.29) is 4.21 Å². The van der Waals surface area contributed by atoms with Crippen LogP contribution in [-0.2, 0) is 16.6 Å². The molecule has 0 radical (unpaired) electrons. The van der Waals surface area contributed by atoms with E-state index in [1.807, 2.05) is 13.8 Å². The second kappa shape index (κ2) is 5.38. The third kappa shape index (κ3) is 2.70. The normalized spacial score (nSPS) is 11.8. The number of halogens is 1. The van der Waals surface area contributed by atoms with Crippen molar-refractivity contribution in [1.29, 1.82) is 0 Å². The van der Waals surface area contributed by atoms with E-state index in [0.29, 0.717) is 22.3 Å². The van der Waals surface area contributed by atoms with Gasteiger partial charge < -0.3 is 0 Å². The number of rotatable bonds is 4. The standard InChI is InChI=1S/C12H16ClN3O2S2/c1-5-16-9(4)11(8(3)14-16)15-20(17,18)10-6-7(2)12(13)19-10/h6,15H,5H2,1-4H3. The first-order valence-corrected chi connectivity index (χ1v) is 8.76. The van der Waals surface area contributed by atoms with E-state index in [4.69, 9.17) is 11.6 Å². The van der Waals surface area contributed by atoms with Crippen molar-refractivity contribution in [1.82, 2.24) is 9.78 Å². The molecular weight excluding hydrogens is 318 g/mol. The summed E-state index contributed by atoms with van der Waals surface area (Å²) in [5, 5.41) is 4.30. The Labute approximate surface area is 127 Å². The van der Waals surface area contributed by atoms with Gasteiger partial charge >= 0.3 is 0 Å². The fourth-order valence-corrected chi connectivity index (χ4v) is 4.79. The molecule has 0 atom stereocenters. The van der Waals surface area contributed by atoms with E-state index in [2.05, 4.69) is 9.82 Å². The van der Waals surface area contributed by atoms with E-state index in [9.17, 15) is 8.42 Å². The summed E-state index contributed by atoms with van der Waals surface area (Å²) in [5.74, 6) is 0. The Morgan fingerprint density at radius 1 is 1.40 bits per heavy atom. The predicted molar refractivity (Wildman–Crippen MR) is 82.2 cm³/mol. The molecule has 0 saturated heterocycles. The molecule has 2 rings (SSSR count). The third-order valence-corrected chi connectivity index (χ3v) is 6.40. The van der Waals surface area contributed by atoms with Crippen LogP contribution in [-0.4, -0.2) is 18.2 Å². The van der Waals surface area contributed by atoms with Crippen LogP contribution in [0, 0.1) is 20.8 Å². The fourth-order valence-electron chi connectivity index (χ4n) is 1.90. The van der Waals surface area contributed by atoms with Crippen LogP contribution in [0.4, 0.5) is 5.69 Å². The molecule has 2 heterocycles. The van der Waals surface area contributed by atoms with Gasteiger partial charge in [-0.3, -0.25) is 9.40 Å². The number of hydrogen-bond acceptors (Lipinski definition) is 4. The van der Waals surface area contributed by atoms with Crippen LogP contribution in [0.5, 0.6) is 0 Å². The van der Waals surface area contributed by atoms with E-state index in [1.54, 1.807) is 24.6 Å². The highest BCUT2D eigenvalue weighted by Gasteiger charge is 2.22. The Hall–Kier alpha value is -1.05. The maximum absolute atomic E-state index is 12.4. The molecule has 20 heavy (non-hydrogen) atoms. The zero-order valence-electron chi connectivity index (χ0n) is 11.7. The molecule has 0 aromatic carbocycles. The summed E-state index contributed by atoms with van der Waals surface area (Å²) < 4.78 is 29.8. The molecule has 110 valence electrons. The molecule has 0 aliphatic carbocycles. The quantitative estimate of drug-likeness (QED) is 0.933. The number of nitrogens with zero attached hydrogens (tertiary/aromatic N) is 2. The van der Waals surface area contributed by atoms with Crippen LogP contribution < -0.4 is 4.72 Å². The number of sulfonamides is 1. The largest absolute Gasteiger partial charge is 0.275 e. The Balaban J connectivity index is 2.41. The topological polar surface area (TPSA) is 64.0 Å². The van der Waals surface area contributed by atoms with Gasteiger partial charge in [-0.2, -0.15) is 5.10 Å². The Kier molecular flexibility index (Phi) is 4.13. The summed E-state index contributed by atoms with van der Waals surface area (Å²) in [4.78, 5) is 0. The molecule has 0 aliphatic heterocycles. The first-order chi connectivity index (χ1) is 9.26. The molecule has 0 bridgehead atoms. The molecular formula is C12H16ClN3O2S2. The first kappa shape index (κ1) is 15.3. The number of aromatic nitrogens is 2. The van der Waals surface area contributed by atoms with Crippen LogP contribution in [0.2, 0.25) is 4.34 Å². The van der Waals surface area contributed by atoms with Gasteiger partial charge in [-0.25, -0.2) is 8.42 Å². The number of anilines is 1. The van der Waals surface area contributed by atoms with Gasteiger partial charge in [0, 0.05) is 6.54 Å². The molecule has 2 aromatic rings. The molecule has 8 heteroatoms. The van der Waals surface area contributed by atoms with Crippen LogP contribution >= 0.6 is 22.9 Å². The van der Waals surface area contributed by atoms with Gasteiger partial charge in [-0.05, 0) is 39.3 Å². The SMILES string of the molecule is CCn1nc(C)c(NS(=O)(=O)c2cc(C)c(Cl)s2)c1C. The average molecular weight is 334 g/mol. The first-order valence-electron chi connectivity index (χ1n) is 6.09. The van der Waals surface area contributed by atoms with Gasteiger partial charge in [0.1, 0.15) is 4.21 Å². The second-order valence-electron chi connectivity index (χ2n) is 4.49. The van der Waals surface area contributed by atoms with Crippen LogP contribution in [0.15, 0.2) is 10.3 Å². The maximum atomic E-state index is 12.4. The van der Waals surface area contributed by atoms with Crippen molar-refractivity contribution in [3.05, 3.63) is 27.4 Å². The monoisotopic (exact) mass is 333 g/mol. The summed E-state index contributed by atoms with van der Waals surface area (Å²) in [6, 6.07) is 1.57. The highest BCUT2D eigenvalue weighted by atomic mass is 35.5. The molecule has 1 N–H and O–H groups in total. The minimum absolute atomic E-state index is 0.211. The Morgan fingerprint density at radius 2 is 2.05 bits per heavy atom.